The molecule has 1 heterocycles. The predicted octanol–water partition coefficient (Wildman–Crippen LogP) is 4.99. The second-order valence-electron chi connectivity index (χ2n) is 7.92. The topological polar surface area (TPSA) is 76.7 Å². The van der Waals surface area contributed by atoms with Crippen LogP contribution >= 0.6 is 11.8 Å². The molecule has 2 aromatic rings. The van der Waals surface area contributed by atoms with Crippen LogP contribution in [0.25, 0.3) is 0 Å². The molecule has 0 unspecified atom stereocenters. The minimum atomic E-state index is -0.220. The molecule has 164 valence electrons. The summed E-state index contributed by atoms with van der Waals surface area (Å²) in [5.74, 6) is 1.39. The number of carbonyl (C=O) groups is 2. The van der Waals surface area contributed by atoms with E-state index in [4.69, 9.17) is 9.47 Å². The second-order valence-corrected chi connectivity index (χ2v) is 8.93. The highest BCUT2D eigenvalue weighted by Gasteiger charge is 2.18. The zero-order valence-corrected chi connectivity index (χ0v) is 18.3. The first-order chi connectivity index (χ1) is 15.2. The normalized spacial score (nSPS) is 16.3. The van der Waals surface area contributed by atoms with Crippen LogP contribution in [-0.4, -0.2) is 30.4 Å². The number of rotatable bonds is 6. The molecule has 4 rings (SSSR count). The lowest BCUT2D eigenvalue weighted by Crippen LogP contribution is -2.36. The third-order valence-electron chi connectivity index (χ3n) is 5.59. The van der Waals surface area contributed by atoms with Crippen molar-refractivity contribution in [1.29, 1.82) is 0 Å². The monoisotopic (exact) mass is 440 g/mol. The highest BCUT2D eigenvalue weighted by atomic mass is 32.2. The maximum Gasteiger partial charge on any atom is 0.256 e. The van der Waals surface area contributed by atoms with Crippen molar-refractivity contribution in [3.8, 4) is 11.5 Å². The smallest absolute Gasteiger partial charge is 0.256 e. The van der Waals surface area contributed by atoms with Gasteiger partial charge in [-0.25, -0.2) is 0 Å². The number of thioether (sulfide) groups is 1. The zero-order valence-electron chi connectivity index (χ0n) is 17.5. The molecule has 2 amide bonds. The second kappa shape index (κ2) is 10.6. The fraction of sp³-hybridized carbons (Fsp3) is 0.417. The number of hydrogen-bond donors (Lipinski definition) is 2. The minimum absolute atomic E-state index is 0.0292. The van der Waals surface area contributed by atoms with Gasteiger partial charge in [0.05, 0.1) is 11.3 Å². The van der Waals surface area contributed by atoms with Crippen molar-refractivity contribution in [2.45, 2.75) is 55.9 Å². The Balaban J connectivity index is 1.34. The lowest BCUT2D eigenvalue weighted by Gasteiger charge is -2.21. The molecule has 1 aliphatic carbocycles. The lowest BCUT2D eigenvalue weighted by atomic mass is 9.97. The third kappa shape index (κ3) is 5.94. The Labute approximate surface area is 187 Å². The molecule has 0 spiro atoms. The van der Waals surface area contributed by atoms with Gasteiger partial charge in [0.15, 0.2) is 11.5 Å². The molecule has 0 bridgehead atoms. The van der Waals surface area contributed by atoms with Crippen LogP contribution in [0.3, 0.4) is 0 Å². The van der Waals surface area contributed by atoms with E-state index in [9.17, 15) is 9.59 Å². The quantitative estimate of drug-likeness (QED) is 0.619. The van der Waals surface area contributed by atoms with Crippen LogP contribution < -0.4 is 20.1 Å². The van der Waals surface area contributed by atoms with Crippen molar-refractivity contribution in [1.82, 2.24) is 5.32 Å². The number of nitrogens with one attached hydrogen (secondary N) is 2. The van der Waals surface area contributed by atoms with Crippen molar-refractivity contribution >= 4 is 29.3 Å². The maximum absolute atomic E-state index is 12.9. The average Bonchev–Trinajstić information content (AvgIpc) is 3.22. The number of amides is 2. The number of anilines is 1. The Hall–Kier alpha value is -2.67. The molecule has 31 heavy (non-hydrogen) atoms. The number of carbonyl (C=O) groups excluding carboxylic acids is 2. The van der Waals surface area contributed by atoms with Crippen molar-refractivity contribution in [2.75, 3.05) is 17.9 Å². The highest BCUT2D eigenvalue weighted by molar-refractivity contribution is 8.00. The van der Waals surface area contributed by atoms with Gasteiger partial charge < -0.3 is 20.1 Å². The first-order valence-electron chi connectivity index (χ1n) is 10.9. The van der Waals surface area contributed by atoms with Gasteiger partial charge >= 0.3 is 0 Å². The average molecular weight is 441 g/mol. The van der Waals surface area contributed by atoms with E-state index in [1.54, 1.807) is 24.3 Å². The van der Waals surface area contributed by atoms with E-state index < -0.39 is 0 Å². The molecular weight excluding hydrogens is 412 g/mol. The first kappa shape index (κ1) is 21.6. The van der Waals surface area contributed by atoms with Gasteiger partial charge in [0, 0.05) is 22.7 Å². The van der Waals surface area contributed by atoms with Gasteiger partial charge in [-0.15, -0.1) is 11.8 Å². The van der Waals surface area contributed by atoms with Crippen LogP contribution in [0.2, 0.25) is 0 Å². The summed E-state index contributed by atoms with van der Waals surface area (Å²) in [6, 6.07) is 12.9. The number of ether oxygens (including phenoxy) is 2. The summed E-state index contributed by atoms with van der Waals surface area (Å²) >= 11 is 1.39. The van der Waals surface area contributed by atoms with Gasteiger partial charge in [-0.3, -0.25) is 9.59 Å². The standard InChI is InChI=1S/C24H28N2O4S/c27-23(25-17-8-4-2-1-3-5-9-17)15-31-22-11-7-6-10-19(22)24(28)26-18-12-13-20-21(14-18)30-16-29-20/h6-7,10-14,17H,1-5,8-9,15-16H2,(H,25,27)(H,26,28). The highest BCUT2D eigenvalue weighted by Crippen LogP contribution is 2.34. The largest absolute Gasteiger partial charge is 0.454 e. The van der Waals surface area contributed by atoms with Gasteiger partial charge in [-0.2, -0.15) is 0 Å². The van der Waals surface area contributed by atoms with E-state index >= 15 is 0 Å². The molecule has 0 aromatic heterocycles. The van der Waals surface area contributed by atoms with Crippen molar-refractivity contribution in [2.24, 2.45) is 0 Å². The fourth-order valence-corrected chi connectivity index (χ4v) is 4.83. The van der Waals surface area contributed by atoms with Crippen LogP contribution in [0.5, 0.6) is 11.5 Å². The van der Waals surface area contributed by atoms with E-state index in [0.717, 1.165) is 17.7 Å². The zero-order chi connectivity index (χ0) is 21.5. The third-order valence-corrected chi connectivity index (χ3v) is 6.66. The lowest BCUT2D eigenvalue weighted by molar-refractivity contribution is -0.119. The molecular formula is C24H28N2O4S. The Morgan fingerprint density at radius 1 is 0.935 bits per heavy atom. The van der Waals surface area contributed by atoms with E-state index in [1.807, 2.05) is 18.2 Å². The minimum Gasteiger partial charge on any atom is -0.454 e. The summed E-state index contributed by atoms with van der Waals surface area (Å²) < 4.78 is 10.7. The molecule has 1 fully saturated rings. The first-order valence-corrected chi connectivity index (χ1v) is 11.9. The van der Waals surface area contributed by atoms with E-state index in [-0.39, 0.29) is 24.6 Å². The molecule has 1 saturated carbocycles. The molecule has 2 N–H and O–H groups in total. The summed E-state index contributed by atoms with van der Waals surface area (Å²) in [4.78, 5) is 26.2. The van der Waals surface area contributed by atoms with Crippen LogP contribution in [0.1, 0.15) is 55.3 Å². The van der Waals surface area contributed by atoms with Crippen LogP contribution in [0.4, 0.5) is 5.69 Å². The van der Waals surface area contributed by atoms with Crippen LogP contribution in [-0.2, 0) is 4.79 Å². The molecule has 0 saturated heterocycles. The van der Waals surface area contributed by atoms with Gasteiger partial charge in [0.25, 0.3) is 5.91 Å². The molecule has 2 aromatic carbocycles. The molecule has 0 radical (unpaired) electrons. The van der Waals surface area contributed by atoms with Gasteiger partial charge in [0.2, 0.25) is 12.7 Å². The van der Waals surface area contributed by atoms with E-state index in [1.165, 1.54) is 43.9 Å². The van der Waals surface area contributed by atoms with E-state index in [2.05, 4.69) is 10.6 Å². The van der Waals surface area contributed by atoms with Crippen molar-refractivity contribution < 1.29 is 19.1 Å². The summed E-state index contributed by atoms with van der Waals surface area (Å²) in [5.41, 5.74) is 1.18. The molecule has 2 aliphatic rings. The predicted molar refractivity (Wildman–Crippen MR) is 122 cm³/mol. The van der Waals surface area contributed by atoms with E-state index in [0.29, 0.717) is 28.5 Å². The Morgan fingerprint density at radius 3 is 2.52 bits per heavy atom. The summed E-state index contributed by atoms with van der Waals surface area (Å²) in [5, 5.41) is 6.09. The number of fused-ring (bicyclic) bond motifs is 1. The van der Waals surface area contributed by atoms with Gasteiger partial charge in [-0.05, 0) is 37.1 Å². The maximum atomic E-state index is 12.9. The summed E-state index contributed by atoms with van der Waals surface area (Å²) in [7, 11) is 0. The van der Waals surface area contributed by atoms with Gasteiger partial charge in [-0.1, -0.05) is 44.2 Å². The van der Waals surface area contributed by atoms with Crippen LogP contribution in [0.15, 0.2) is 47.4 Å². The summed E-state index contributed by atoms with van der Waals surface area (Å²) in [6.07, 6.45) is 8.30. The van der Waals surface area contributed by atoms with Crippen LogP contribution in [0, 0.1) is 0 Å². The molecule has 1 aliphatic heterocycles. The number of hydrogen-bond acceptors (Lipinski definition) is 5. The molecule has 6 nitrogen and oxygen atoms in total. The molecule has 7 heteroatoms. The van der Waals surface area contributed by atoms with Gasteiger partial charge in [0.1, 0.15) is 0 Å². The Bertz CT molecular complexity index is 926. The SMILES string of the molecule is O=C(CSc1ccccc1C(=O)Nc1ccc2c(c1)OCO2)NC1CCCCCCC1. The Kier molecular flexibility index (Phi) is 7.35. The number of benzene rings is 2. The Morgan fingerprint density at radius 2 is 1.68 bits per heavy atom. The molecule has 0 atom stereocenters. The fourth-order valence-electron chi connectivity index (χ4n) is 3.97. The summed E-state index contributed by atoms with van der Waals surface area (Å²) in [6.45, 7) is 0.190. The van der Waals surface area contributed by atoms with Crippen molar-refractivity contribution in [3.63, 3.8) is 0 Å². The van der Waals surface area contributed by atoms with Crippen molar-refractivity contribution in [3.05, 3.63) is 48.0 Å².